The van der Waals surface area contributed by atoms with E-state index in [2.05, 4.69) is 0 Å². The SMILES string of the molecule is O=c1c(-c2ccc(C(F)(F)F)cc2)coc2ccccc12. The zero-order valence-electron chi connectivity index (χ0n) is 10.6. The first-order chi connectivity index (χ1) is 9.97. The number of benzene rings is 2. The van der Waals surface area contributed by atoms with Gasteiger partial charge in [0.05, 0.1) is 16.5 Å². The van der Waals surface area contributed by atoms with Gasteiger partial charge in [-0.25, -0.2) is 0 Å². The molecule has 2 nitrogen and oxygen atoms in total. The second-order valence-electron chi connectivity index (χ2n) is 4.55. The van der Waals surface area contributed by atoms with Crippen LogP contribution in [0, 0.1) is 0 Å². The van der Waals surface area contributed by atoms with Crippen molar-refractivity contribution in [3.8, 4) is 11.1 Å². The fourth-order valence-electron chi connectivity index (χ4n) is 2.12. The molecule has 0 bridgehead atoms. The van der Waals surface area contributed by atoms with E-state index < -0.39 is 11.7 Å². The molecule has 0 amide bonds. The van der Waals surface area contributed by atoms with Crippen molar-refractivity contribution < 1.29 is 17.6 Å². The molecule has 0 aliphatic carbocycles. The minimum Gasteiger partial charge on any atom is -0.463 e. The second-order valence-corrected chi connectivity index (χ2v) is 4.55. The zero-order chi connectivity index (χ0) is 15.0. The normalized spacial score (nSPS) is 11.8. The molecule has 0 saturated carbocycles. The van der Waals surface area contributed by atoms with Crippen LogP contribution in [0.1, 0.15) is 5.56 Å². The summed E-state index contributed by atoms with van der Waals surface area (Å²) in [5.41, 5.74) is 0.0520. The third-order valence-corrected chi connectivity index (χ3v) is 3.20. The lowest BCUT2D eigenvalue weighted by molar-refractivity contribution is -0.137. The predicted octanol–water partition coefficient (Wildman–Crippen LogP) is 4.48. The number of halogens is 3. The standard InChI is InChI=1S/C16H9F3O2/c17-16(18,19)11-7-5-10(6-8-11)13-9-21-14-4-2-1-3-12(14)15(13)20/h1-9H. The predicted molar refractivity (Wildman–Crippen MR) is 72.9 cm³/mol. The van der Waals surface area contributed by atoms with E-state index in [0.29, 0.717) is 16.5 Å². The molecule has 21 heavy (non-hydrogen) atoms. The van der Waals surface area contributed by atoms with E-state index in [9.17, 15) is 18.0 Å². The first-order valence-electron chi connectivity index (χ1n) is 6.15. The summed E-state index contributed by atoms with van der Waals surface area (Å²) in [7, 11) is 0. The van der Waals surface area contributed by atoms with E-state index in [0.717, 1.165) is 12.1 Å². The third-order valence-electron chi connectivity index (χ3n) is 3.20. The van der Waals surface area contributed by atoms with E-state index in [-0.39, 0.29) is 11.0 Å². The molecule has 0 radical (unpaired) electrons. The van der Waals surface area contributed by atoms with Crippen LogP contribution in [0.15, 0.2) is 64.0 Å². The monoisotopic (exact) mass is 290 g/mol. The Labute approximate surface area is 117 Å². The highest BCUT2D eigenvalue weighted by molar-refractivity contribution is 5.81. The molecular formula is C16H9F3O2. The minimum atomic E-state index is -4.40. The summed E-state index contributed by atoms with van der Waals surface area (Å²) in [6.07, 6.45) is -3.13. The Kier molecular flexibility index (Phi) is 3.05. The Balaban J connectivity index is 2.13. The van der Waals surface area contributed by atoms with Gasteiger partial charge in [0.15, 0.2) is 5.43 Å². The lowest BCUT2D eigenvalue weighted by Gasteiger charge is -2.07. The van der Waals surface area contributed by atoms with Crippen molar-refractivity contribution in [2.75, 3.05) is 0 Å². The maximum absolute atomic E-state index is 12.5. The van der Waals surface area contributed by atoms with Crippen molar-refractivity contribution in [2.45, 2.75) is 6.18 Å². The fraction of sp³-hybridized carbons (Fsp3) is 0.0625. The average molecular weight is 290 g/mol. The second kappa shape index (κ2) is 4.77. The molecule has 2 aromatic carbocycles. The first kappa shape index (κ1) is 13.4. The van der Waals surface area contributed by atoms with E-state index in [1.807, 2.05) is 0 Å². The fourth-order valence-corrected chi connectivity index (χ4v) is 2.12. The lowest BCUT2D eigenvalue weighted by Crippen LogP contribution is -2.06. The lowest BCUT2D eigenvalue weighted by atomic mass is 10.0. The molecule has 5 heteroatoms. The largest absolute Gasteiger partial charge is 0.463 e. The molecule has 1 aromatic heterocycles. The highest BCUT2D eigenvalue weighted by Crippen LogP contribution is 2.30. The van der Waals surface area contributed by atoms with Gasteiger partial charge >= 0.3 is 6.18 Å². The number of rotatable bonds is 1. The zero-order valence-corrected chi connectivity index (χ0v) is 10.6. The summed E-state index contributed by atoms with van der Waals surface area (Å²) >= 11 is 0. The molecule has 106 valence electrons. The van der Waals surface area contributed by atoms with Gasteiger partial charge in [-0.15, -0.1) is 0 Å². The Morgan fingerprint density at radius 3 is 2.24 bits per heavy atom. The quantitative estimate of drug-likeness (QED) is 0.661. The van der Waals surface area contributed by atoms with Crippen LogP contribution in [0.25, 0.3) is 22.1 Å². The van der Waals surface area contributed by atoms with Crippen molar-refractivity contribution in [3.63, 3.8) is 0 Å². The van der Waals surface area contributed by atoms with E-state index in [4.69, 9.17) is 4.42 Å². The maximum Gasteiger partial charge on any atom is 0.416 e. The van der Waals surface area contributed by atoms with Crippen LogP contribution in [-0.2, 0) is 6.18 Å². The maximum atomic E-state index is 12.5. The van der Waals surface area contributed by atoms with Crippen LogP contribution < -0.4 is 5.43 Å². The number of para-hydroxylation sites is 1. The number of hydrogen-bond acceptors (Lipinski definition) is 2. The van der Waals surface area contributed by atoms with Crippen molar-refractivity contribution in [3.05, 3.63) is 70.6 Å². The highest BCUT2D eigenvalue weighted by Gasteiger charge is 2.30. The van der Waals surface area contributed by atoms with Crippen molar-refractivity contribution in [2.24, 2.45) is 0 Å². The van der Waals surface area contributed by atoms with Gasteiger partial charge in [0, 0.05) is 0 Å². The van der Waals surface area contributed by atoms with Gasteiger partial charge in [0.2, 0.25) is 0 Å². The van der Waals surface area contributed by atoms with Crippen LogP contribution >= 0.6 is 0 Å². The molecule has 0 atom stereocenters. The average Bonchev–Trinajstić information content (AvgIpc) is 2.47. The Hall–Kier alpha value is -2.56. The van der Waals surface area contributed by atoms with E-state index in [1.54, 1.807) is 24.3 Å². The molecule has 0 aliphatic rings. The summed E-state index contributed by atoms with van der Waals surface area (Å²) in [6.45, 7) is 0. The van der Waals surface area contributed by atoms with Gasteiger partial charge < -0.3 is 4.42 Å². The smallest absolute Gasteiger partial charge is 0.416 e. The molecule has 0 unspecified atom stereocenters. The number of hydrogen-bond donors (Lipinski definition) is 0. The van der Waals surface area contributed by atoms with Crippen LogP contribution in [-0.4, -0.2) is 0 Å². The summed E-state index contributed by atoms with van der Waals surface area (Å²) in [5, 5.41) is 0.398. The van der Waals surface area contributed by atoms with Crippen molar-refractivity contribution in [1.29, 1.82) is 0 Å². The van der Waals surface area contributed by atoms with Crippen LogP contribution in [0.4, 0.5) is 13.2 Å². The van der Waals surface area contributed by atoms with Gasteiger partial charge in [0.1, 0.15) is 11.8 Å². The first-order valence-corrected chi connectivity index (χ1v) is 6.15. The molecule has 0 saturated heterocycles. The van der Waals surface area contributed by atoms with Crippen LogP contribution in [0.5, 0.6) is 0 Å². The van der Waals surface area contributed by atoms with Gasteiger partial charge in [-0.3, -0.25) is 4.79 Å². The van der Waals surface area contributed by atoms with E-state index in [1.165, 1.54) is 18.4 Å². The summed E-state index contributed by atoms with van der Waals surface area (Å²) < 4.78 is 42.9. The molecule has 1 heterocycles. The Morgan fingerprint density at radius 2 is 1.57 bits per heavy atom. The Morgan fingerprint density at radius 1 is 0.905 bits per heavy atom. The van der Waals surface area contributed by atoms with Gasteiger partial charge in [-0.05, 0) is 29.8 Å². The van der Waals surface area contributed by atoms with Crippen LogP contribution in [0.2, 0.25) is 0 Å². The van der Waals surface area contributed by atoms with Gasteiger partial charge in [-0.2, -0.15) is 13.2 Å². The Bertz CT molecular complexity index is 846. The van der Waals surface area contributed by atoms with E-state index >= 15 is 0 Å². The molecule has 0 fully saturated rings. The highest BCUT2D eigenvalue weighted by atomic mass is 19.4. The topological polar surface area (TPSA) is 30.2 Å². The number of fused-ring (bicyclic) bond motifs is 1. The third kappa shape index (κ3) is 2.42. The van der Waals surface area contributed by atoms with Crippen LogP contribution in [0.3, 0.4) is 0 Å². The van der Waals surface area contributed by atoms with Gasteiger partial charge in [-0.1, -0.05) is 24.3 Å². The van der Waals surface area contributed by atoms with Crippen molar-refractivity contribution in [1.82, 2.24) is 0 Å². The molecule has 0 N–H and O–H groups in total. The molecular weight excluding hydrogens is 281 g/mol. The minimum absolute atomic E-state index is 0.238. The summed E-state index contributed by atoms with van der Waals surface area (Å²) in [4.78, 5) is 12.3. The molecule has 3 aromatic rings. The summed E-state index contributed by atoms with van der Waals surface area (Å²) in [6, 6.07) is 11.2. The van der Waals surface area contributed by atoms with Crippen molar-refractivity contribution >= 4 is 11.0 Å². The molecule has 3 rings (SSSR count). The number of alkyl halides is 3. The summed E-state index contributed by atoms with van der Waals surface area (Å²) in [5.74, 6) is 0. The molecule has 0 aliphatic heterocycles. The molecule has 0 spiro atoms. The van der Waals surface area contributed by atoms with Gasteiger partial charge in [0.25, 0.3) is 0 Å².